The van der Waals surface area contributed by atoms with E-state index in [9.17, 15) is 4.79 Å². The standard InChI is InChI=1S/C29H50BrNO/c1-3-5-7-9-11-13-15-17-19-25-31(29(32)27-21-23-28(30)24-22-27)26-20-18-16-14-12-10-8-6-4-2/h21-24H,3-20,25-26H2,1-2H3. The average molecular weight is 509 g/mol. The monoisotopic (exact) mass is 507 g/mol. The van der Waals surface area contributed by atoms with E-state index in [4.69, 9.17) is 0 Å². The zero-order valence-corrected chi connectivity index (χ0v) is 22.8. The van der Waals surface area contributed by atoms with Crippen molar-refractivity contribution < 1.29 is 4.79 Å². The fraction of sp³-hybridized carbons (Fsp3) is 0.759. The second-order valence-electron chi connectivity index (χ2n) is 9.46. The van der Waals surface area contributed by atoms with E-state index in [1.165, 1.54) is 103 Å². The molecule has 1 amide bonds. The molecule has 0 unspecified atom stereocenters. The SMILES string of the molecule is CCCCCCCCCCCN(CCCCCCCCCCC)C(=O)c1ccc(Br)cc1. The molecule has 0 aliphatic heterocycles. The van der Waals surface area contributed by atoms with Crippen molar-refractivity contribution in [1.29, 1.82) is 0 Å². The fourth-order valence-electron chi connectivity index (χ4n) is 4.32. The minimum absolute atomic E-state index is 0.205. The van der Waals surface area contributed by atoms with Crippen LogP contribution in [0.3, 0.4) is 0 Å². The third kappa shape index (κ3) is 15.1. The molecule has 32 heavy (non-hydrogen) atoms. The van der Waals surface area contributed by atoms with Gasteiger partial charge in [0, 0.05) is 23.1 Å². The molecule has 3 heteroatoms. The minimum Gasteiger partial charge on any atom is -0.339 e. The number of hydrogen-bond acceptors (Lipinski definition) is 1. The molecule has 0 bridgehead atoms. The summed E-state index contributed by atoms with van der Waals surface area (Å²) in [5.74, 6) is 0.205. The normalized spacial score (nSPS) is 11.1. The molecule has 0 saturated heterocycles. The van der Waals surface area contributed by atoms with Crippen LogP contribution in [-0.2, 0) is 0 Å². The van der Waals surface area contributed by atoms with Crippen molar-refractivity contribution in [2.75, 3.05) is 13.1 Å². The van der Waals surface area contributed by atoms with Gasteiger partial charge in [0.15, 0.2) is 0 Å². The molecule has 0 saturated carbocycles. The van der Waals surface area contributed by atoms with Crippen LogP contribution in [0.5, 0.6) is 0 Å². The van der Waals surface area contributed by atoms with Crippen molar-refractivity contribution >= 4 is 21.8 Å². The Balaban J connectivity index is 2.31. The number of hydrogen-bond donors (Lipinski definition) is 0. The summed E-state index contributed by atoms with van der Waals surface area (Å²) < 4.78 is 1.03. The van der Waals surface area contributed by atoms with Gasteiger partial charge >= 0.3 is 0 Å². The summed E-state index contributed by atoms with van der Waals surface area (Å²) in [6, 6.07) is 7.85. The lowest BCUT2D eigenvalue weighted by atomic mass is 10.1. The molecule has 0 atom stereocenters. The van der Waals surface area contributed by atoms with Crippen LogP contribution in [0.15, 0.2) is 28.7 Å². The van der Waals surface area contributed by atoms with Crippen LogP contribution < -0.4 is 0 Å². The smallest absolute Gasteiger partial charge is 0.253 e. The second kappa shape index (κ2) is 20.8. The van der Waals surface area contributed by atoms with Gasteiger partial charge in [-0.3, -0.25) is 4.79 Å². The van der Waals surface area contributed by atoms with Gasteiger partial charge in [-0.25, -0.2) is 0 Å². The maximum atomic E-state index is 13.1. The summed E-state index contributed by atoms with van der Waals surface area (Å²) >= 11 is 3.48. The van der Waals surface area contributed by atoms with Crippen LogP contribution in [0, 0.1) is 0 Å². The number of halogens is 1. The lowest BCUT2D eigenvalue weighted by Crippen LogP contribution is -2.33. The molecule has 184 valence electrons. The molecule has 2 nitrogen and oxygen atoms in total. The minimum atomic E-state index is 0.205. The lowest BCUT2D eigenvalue weighted by Gasteiger charge is -2.23. The Bertz CT molecular complexity index is 535. The topological polar surface area (TPSA) is 20.3 Å². The third-order valence-corrected chi connectivity index (χ3v) is 6.97. The molecule has 0 radical (unpaired) electrons. The van der Waals surface area contributed by atoms with Crippen LogP contribution >= 0.6 is 15.9 Å². The molecule has 0 aromatic heterocycles. The molecular formula is C29H50BrNO. The van der Waals surface area contributed by atoms with Gasteiger partial charge in [0.2, 0.25) is 0 Å². The molecule has 0 spiro atoms. The predicted molar refractivity (Wildman–Crippen MR) is 144 cm³/mol. The van der Waals surface area contributed by atoms with E-state index in [1.54, 1.807) is 0 Å². The first-order valence-corrected chi connectivity index (χ1v) is 14.5. The van der Waals surface area contributed by atoms with Crippen LogP contribution in [0.1, 0.15) is 140 Å². The quantitative estimate of drug-likeness (QED) is 0.151. The number of carbonyl (C=O) groups is 1. The Labute approximate surface area is 208 Å². The van der Waals surface area contributed by atoms with Gasteiger partial charge in [0.25, 0.3) is 5.91 Å². The Morgan fingerprint density at radius 3 is 1.31 bits per heavy atom. The van der Waals surface area contributed by atoms with Crippen molar-refractivity contribution in [1.82, 2.24) is 4.90 Å². The fourth-order valence-corrected chi connectivity index (χ4v) is 4.58. The highest BCUT2D eigenvalue weighted by Crippen LogP contribution is 2.16. The zero-order chi connectivity index (χ0) is 23.3. The number of amides is 1. The van der Waals surface area contributed by atoms with Gasteiger partial charge < -0.3 is 4.90 Å². The largest absolute Gasteiger partial charge is 0.339 e. The molecule has 0 aliphatic rings. The molecular weight excluding hydrogens is 458 g/mol. The summed E-state index contributed by atoms with van der Waals surface area (Å²) in [7, 11) is 0. The summed E-state index contributed by atoms with van der Waals surface area (Å²) in [5, 5.41) is 0. The van der Waals surface area contributed by atoms with E-state index < -0.39 is 0 Å². The van der Waals surface area contributed by atoms with E-state index in [0.717, 1.165) is 36.0 Å². The highest BCUT2D eigenvalue weighted by Gasteiger charge is 2.15. The lowest BCUT2D eigenvalue weighted by molar-refractivity contribution is 0.0749. The molecule has 0 fully saturated rings. The Kier molecular flexibility index (Phi) is 18.9. The molecule has 0 aliphatic carbocycles. The van der Waals surface area contributed by atoms with Crippen LogP contribution in [-0.4, -0.2) is 23.9 Å². The van der Waals surface area contributed by atoms with E-state index in [0.29, 0.717) is 0 Å². The van der Waals surface area contributed by atoms with Gasteiger partial charge in [-0.15, -0.1) is 0 Å². The first kappa shape index (κ1) is 29.2. The number of benzene rings is 1. The average Bonchev–Trinajstić information content (AvgIpc) is 2.80. The molecule has 0 N–H and O–H groups in total. The summed E-state index contributed by atoms with van der Waals surface area (Å²) in [5.41, 5.74) is 0.819. The number of carbonyl (C=O) groups excluding carboxylic acids is 1. The highest BCUT2D eigenvalue weighted by molar-refractivity contribution is 9.10. The molecule has 1 aromatic carbocycles. The van der Waals surface area contributed by atoms with Gasteiger partial charge in [0.05, 0.1) is 0 Å². The van der Waals surface area contributed by atoms with E-state index in [2.05, 4.69) is 34.7 Å². The van der Waals surface area contributed by atoms with Gasteiger partial charge in [-0.05, 0) is 37.1 Å². The molecule has 0 heterocycles. The van der Waals surface area contributed by atoms with E-state index in [-0.39, 0.29) is 5.91 Å². The maximum Gasteiger partial charge on any atom is 0.253 e. The van der Waals surface area contributed by atoms with Crippen molar-refractivity contribution in [2.45, 2.75) is 129 Å². The second-order valence-corrected chi connectivity index (χ2v) is 10.4. The molecule has 1 aromatic rings. The van der Waals surface area contributed by atoms with Gasteiger partial charge in [-0.2, -0.15) is 0 Å². The highest BCUT2D eigenvalue weighted by atomic mass is 79.9. The zero-order valence-electron chi connectivity index (χ0n) is 21.2. The third-order valence-electron chi connectivity index (χ3n) is 6.44. The van der Waals surface area contributed by atoms with Crippen LogP contribution in [0.2, 0.25) is 0 Å². The first-order valence-electron chi connectivity index (χ1n) is 13.7. The predicted octanol–water partition coefficient (Wildman–Crippen LogP) is 9.95. The van der Waals surface area contributed by atoms with Crippen molar-refractivity contribution in [3.8, 4) is 0 Å². The van der Waals surface area contributed by atoms with Crippen LogP contribution in [0.25, 0.3) is 0 Å². The first-order chi connectivity index (χ1) is 15.7. The summed E-state index contributed by atoms with van der Waals surface area (Å²) in [4.78, 5) is 15.2. The number of nitrogens with zero attached hydrogens (tertiary/aromatic N) is 1. The van der Waals surface area contributed by atoms with Crippen molar-refractivity contribution in [3.63, 3.8) is 0 Å². The van der Waals surface area contributed by atoms with Crippen molar-refractivity contribution in [3.05, 3.63) is 34.3 Å². The van der Waals surface area contributed by atoms with Crippen molar-refractivity contribution in [2.24, 2.45) is 0 Å². The van der Waals surface area contributed by atoms with Gasteiger partial charge in [0.1, 0.15) is 0 Å². The Hall–Kier alpha value is -0.830. The number of unbranched alkanes of at least 4 members (excludes halogenated alkanes) is 16. The summed E-state index contributed by atoms with van der Waals surface area (Å²) in [6.07, 6.45) is 23.8. The maximum absolute atomic E-state index is 13.1. The Morgan fingerprint density at radius 1 is 0.594 bits per heavy atom. The van der Waals surface area contributed by atoms with E-state index >= 15 is 0 Å². The summed E-state index contributed by atoms with van der Waals surface area (Å²) in [6.45, 7) is 6.36. The Morgan fingerprint density at radius 2 is 0.938 bits per heavy atom. The van der Waals surface area contributed by atoms with Crippen LogP contribution in [0.4, 0.5) is 0 Å². The number of rotatable bonds is 21. The molecule has 1 rings (SSSR count). The van der Waals surface area contributed by atoms with E-state index in [1.807, 2.05) is 24.3 Å². The van der Waals surface area contributed by atoms with Gasteiger partial charge in [-0.1, -0.05) is 133 Å².